The predicted molar refractivity (Wildman–Crippen MR) is 113 cm³/mol. The molecule has 2 atom stereocenters. The number of likely N-dealkylation sites (N-methyl/N-ethyl adjacent to an activating group) is 1. The second-order valence-electron chi connectivity index (χ2n) is 7.43. The van der Waals surface area contributed by atoms with Gasteiger partial charge in [-0.25, -0.2) is 0 Å². The van der Waals surface area contributed by atoms with Crippen LogP contribution in [0.1, 0.15) is 34.2 Å². The van der Waals surface area contributed by atoms with Gasteiger partial charge in [0.25, 0.3) is 0 Å². The van der Waals surface area contributed by atoms with Crippen molar-refractivity contribution in [1.29, 1.82) is 0 Å². The van der Waals surface area contributed by atoms with E-state index in [0.29, 0.717) is 28.9 Å². The summed E-state index contributed by atoms with van der Waals surface area (Å²) in [6.07, 6.45) is 5.49. The number of para-hydroxylation sites is 1. The quantitative estimate of drug-likeness (QED) is 0.561. The number of nitrogens with zero attached hydrogens (tertiary/aromatic N) is 2. The number of H-pyrrole nitrogens is 1. The van der Waals surface area contributed by atoms with Crippen molar-refractivity contribution in [2.24, 2.45) is 5.73 Å². The van der Waals surface area contributed by atoms with Crippen LogP contribution in [0.3, 0.4) is 0 Å². The molecular formula is C22H25N5O. The average molecular weight is 375 g/mol. The third-order valence-electron chi connectivity index (χ3n) is 5.46. The van der Waals surface area contributed by atoms with Gasteiger partial charge in [0.05, 0.1) is 0 Å². The maximum Gasteiger partial charge on any atom is 0.124 e. The van der Waals surface area contributed by atoms with Crippen LogP contribution in [0.25, 0.3) is 11.8 Å². The minimum atomic E-state index is 0.153. The summed E-state index contributed by atoms with van der Waals surface area (Å²) in [4.78, 5) is 9.82. The Labute approximate surface area is 164 Å². The van der Waals surface area contributed by atoms with Crippen LogP contribution < -0.4 is 11.5 Å². The molecule has 0 amide bonds. The molecule has 0 spiro atoms. The molecule has 1 fully saturated rings. The van der Waals surface area contributed by atoms with Crippen molar-refractivity contribution in [2.45, 2.75) is 11.8 Å². The Balaban J connectivity index is 1.65. The van der Waals surface area contributed by atoms with Crippen LogP contribution in [0.15, 0.2) is 54.9 Å². The van der Waals surface area contributed by atoms with Gasteiger partial charge in [0.2, 0.25) is 0 Å². The number of pyridine rings is 1. The van der Waals surface area contributed by atoms with Crippen LogP contribution >= 0.6 is 0 Å². The van der Waals surface area contributed by atoms with E-state index in [2.05, 4.69) is 40.1 Å². The van der Waals surface area contributed by atoms with Gasteiger partial charge in [0, 0.05) is 59.8 Å². The third kappa shape index (κ3) is 3.46. The molecule has 1 saturated heterocycles. The predicted octanol–water partition coefficient (Wildman–Crippen LogP) is 2.97. The van der Waals surface area contributed by atoms with Crippen LogP contribution in [0.5, 0.6) is 5.75 Å². The number of nitrogens with one attached hydrogen (secondary N) is 1. The second kappa shape index (κ2) is 7.40. The maximum absolute atomic E-state index is 10.0. The number of aromatic hydroxyl groups is 1. The van der Waals surface area contributed by atoms with Crippen molar-refractivity contribution >= 4 is 17.6 Å². The lowest BCUT2D eigenvalue weighted by Crippen LogP contribution is -2.13. The lowest BCUT2D eigenvalue weighted by molar-refractivity contribution is 0.407. The van der Waals surface area contributed by atoms with E-state index in [9.17, 15) is 5.11 Å². The fraction of sp³-hybridized carbons (Fsp3) is 0.227. The summed E-state index contributed by atoms with van der Waals surface area (Å²) in [5.74, 6) is 1.42. The number of phenols is 1. The second-order valence-corrected chi connectivity index (χ2v) is 7.43. The van der Waals surface area contributed by atoms with Crippen LogP contribution in [0.2, 0.25) is 0 Å². The van der Waals surface area contributed by atoms with E-state index in [0.717, 1.165) is 24.3 Å². The van der Waals surface area contributed by atoms with E-state index in [4.69, 9.17) is 11.5 Å². The third-order valence-corrected chi connectivity index (χ3v) is 5.46. The fourth-order valence-corrected chi connectivity index (χ4v) is 4.06. The summed E-state index contributed by atoms with van der Waals surface area (Å²) in [6, 6.07) is 13.3. The van der Waals surface area contributed by atoms with Gasteiger partial charge < -0.3 is 26.5 Å². The Morgan fingerprint density at radius 1 is 1.18 bits per heavy atom. The first-order valence-electron chi connectivity index (χ1n) is 9.35. The summed E-state index contributed by atoms with van der Waals surface area (Å²) in [6.45, 7) is 1.93. The highest BCUT2D eigenvalue weighted by atomic mass is 16.3. The molecule has 144 valence electrons. The average Bonchev–Trinajstić information content (AvgIpc) is 3.25. The molecule has 1 aliphatic heterocycles. The van der Waals surface area contributed by atoms with Crippen LogP contribution in [-0.4, -0.2) is 40.1 Å². The van der Waals surface area contributed by atoms with Crippen LogP contribution in [0.4, 0.5) is 5.82 Å². The van der Waals surface area contributed by atoms with Gasteiger partial charge in [-0.2, -0.15) is 0 Å². The van der Waals surface area contributed by atoms with E-state index in [1.807, 2.05) is 24.5 Å². The molecule has 0 radical (unpaired) electrons. The Kier molecular flexibility index (Phi) is 4.79. The topological polar surface area (TPSA) is 104 Å². The van der Waals surface area contributed by atoms with Crippen LogP contribution in [0, 0.1) is 0 Å². The zero-order chi connectivity index (χ0) is 19.7. The number of nitrogens with two attached hydrogens (primary N) is 2. The number of rotatable bonds is 4. The van der Waals surface area contributed by atoms with Gasteiger partial charge in [0.1, 0.15) is 11.6 Å². The summed E-state index contributed by atoms with van der Waals surface area (Å²) in [7, 11) is 2.14. The van der Waals surface area contributed by atoms with Crippen molar-refractivity contribution in [3.8, 4) is 5.75 Å². The normalized spacial score (nSPS) is 20.5. The number of nitrogen functional groups attached to an aromatic ring is 1. The zero-order valence-corrected chi connectivity index (χ0v) is 15.8. The molecule has 2 unspecified atom stereocenters. The monoisotopic (exact) mass is 375 g/mol. The molecule has 3 heterocycles. The van der Waals surface area contributed by atoms with Gasteiger partial charge in [-0.05, 0) is 49.0 Å². The maximum atomic E-state index is 10.0. The smallest absolute Gasteiger partial charge is 0.124 e. The van der Waals surface area contributed by atoms with Crippen molar-refractivity contribution < 1.29 is 5.11 Å². The van der Waals surface area contributed by atoms with Gasteiger partial charge >= 0.3 is 0 Å². The highest BCUT2D eigenvalue weighted by molar-refractivity contribution is 5.84. The molecule has 1 aliphatic rings. The molecule has 0 bridgehead atoms. The Hall–Kier alpha value is -3.25. The van der Waals surface area contributed by atoms with E-state index >= 15 is 0 Å². The Bertz CT molecular complexity index is 995. The first kappa shape index (κ1) is 18.1. The summed E-state index contributed by atoms with van der Waals surface area (Å²) < 4.78 is 0. The Morgan fingerprint density at radius 2 is 1.89 bits per heavy atom. The van der Waals surface area contributed by atoms with Crippen molar-refractivity contribution in [3.63, 3.8) is 0 Å². The van der Waals surface area contributed by atoms with Crippen molar-refractivity contribution in [1.82, 2.24) is 14.9 Å². The van der Waals surface area contributed by atoms with Crippen molar-refractivity contribution in [2.75, 3.05) is 25.9 Å². The number of phenolic OH excluding ortho intramolecular Hbond substituents is 1. The zero-order valence-electron chi connectivity index (χ0n) is 15.8. The molecule has 6 heteroatoms. The number of aromatic amines is 1. The lowest BCUT2D eigenvalue weighted by atomic mass is 9.87. The molecule has 6 N–H and O–H groups in total. The Morgan fingerprint density at radius 3 is 2.64 bits per heavy atom. The summed E-state index contributed by atoms with van der Waals surface area (Å²) in [5.41, 5.74) is 16.8. The van der Waals surface area contributed by atoms with E-state index in [-0.39, 0.29) is 5.75 Å². The first-order valence-corrected chi connectivity index (χ1v) is 9.35. The number of hydrogen-bond acceptors (Lipinski definition) is 5. The summed E-state index contributed by atoms with van der Waals surface area (Å²) >= 11 is 0. The lowest BCUT2D eigenvalue weighted by Gasteiger charge is -2.17. The highest BCUT2D eigenvalue weighted by Crippen LogP contribution is 2.39. The standard InChI is InChI=1S/C22H25N5O/c1-27-12-17(14-6-8-25-9-7-14)18(13-27)20-11-15(22(24)26-20)10-19(23)16-4-2-3-5-21(16)28/h2-11,17-18,26,28H,12-13,23-24H2,1H3/b19-10-. The number of likely N-dealkylation sites (tertiary alicyclic amines) is 1. The van der Waals surface area contributed by atoms with Gasteiger partial charge in [-0.1, -0.05) is 12.1 Å². The number of benzene rings is 1. The molecule has 28 heavy (non-hydrogen) atoms. The van der Waals surface area contributed by atoms with Crippen molar-refractivity contribution in [3.05, 3.63) is 77.2 Å². The molecule has 0 saturated carbocycles. The first-order chi connectivity index (χ1) is 13.5. The number of anilines is 1. The number of hydrogen-bond donors (Lipinski definition) is 4. The SMILES string of the molecule is CN1CC(c2ccncc2)C(c2cc(/C=C(\N)c3ccccc3O)c(N)[nH]2)C1. The summed E-state index contributed by atoms with van der Waals surface area (Å²) in [5, 5.41) is 10.0. The molecule has 4 rings (SSSR count). The molecule has 0 aliphatic carbocycles. The van der Waals surface area contributed by atoms with Gasteiger partial charge in [-0.15, -0.1) is 0 Å². The fourth-order valence-electron chi connectivity index (χ4n) is 4.06. The highest BCUT2D eigenvalue weighted by Gasteiger charge is 2.34. The molecular weight excluding hydrogens is 350 g/mol. The van der Waals surface area contributed by atoms with Gasteiger partial charge in [-0.3, -0.25) is 4.98 Å². The van der Waals surface area contributed by atoms with E-state index < -0.39 is 0 Å². The minimum Gasteiger partial charge on any atom is -0.507 e. The minimum absolute atomic E-state index is 0.153. The molecule has 3 aromatic rings. The van der Waals surface area contributed by atoms with Crippen LogP contribution in [-0.2, 0) is 0 Å². The number of aromatic nitrogens is 2. The van der Waals surface area contributed by atoms with E-state index in [1.165, 1.54) is 5.56 Å². The van der Waals surface area contributed by atoms with E-state index in [1.54, 1.807) is 18.2 Å². The molecule has 6 nitrogen and oxygen atoms in total. The molecule has 1 aromatic carbocycles. The largest absolute Gasteiger partial charge is 0.507 e. The van der Waals surface area contributed by atoms with Gasteiger partial charge in [0.15, 0.2) is 0 Å². The molecule has 2 aromatic heterocycles.